The van der Waals surface area contributed by atoms with Crippen LogP contribution >= 0.6 is 0 Å². The van der Waals surface area contributed by atoms with Gasteiger partial charge in [-0.2, -0.15) is 15.5 Å². The Morgan fingerprint density at radius 1 is 1.28 bits per heavy atom. The predicted molar refractivity (Wildman–Crippen MR) is 60.5 cm³/mol. The van der Waals surface area contributed by atoms with Crippen molar-refractivity contribution in [2.24, 2.45) is 21.7 Å². The van der Waals surface area contributed by atoms with Crippen LogP contribution < -0.4 is 0 Å². The van der Waals surface area contributed by atoms with Crippen LogP contribution in [-0.4, -0.2) is 23.6 Å². The first-order valence-electron chi connectivity index (χ1n) is 5.76. The SMILES string of the molecule is C[C@@H]1[C@]2(C)OC3=NC(=N)[C@]1(C#N)[C@@]3(C#N)[C@@H](C)O2. The largest absolute Gasteiger partial charge is 0.447 e. The minimum atomic E-state index is -1.30. The maximum absolute atomic E-state index is 9.63. The lowest BCUT2D eigenvalue weighted by Crippen LogP contribution is -2.72. The van der Waals surface area contributed by atoms with Crippen LogP contribution in [0.15, 0.2) is 4.99 Å². The average Bonchev–Trinajstić information content (AvgIpc) is 2.52. The van der Waals surface area contributed by atoms with Crippen molar-refractivity contribution >= 4 is 11.7 Å². The van der Waals surface area contributed by atoms with Gasteiger partial charge in [-0.05, 0) is 6.92 Å². The molecule has 3 fully saturated rings. The molecule has 4 aliphatic rings. The highest BCUT2D eigenvalue weighted by atomic mass is 16.7. The molecule has 18 heavy (non-hydrogen) atoms. The first kappa shape index (κ1) is 11.2. The number of hydrogen-bond donors (Lipinski definition) is 1. The monoisotopic (exact) mass is 244 g/mol. The summed E-state index contributed by atoms with van der Waals surface area (Å²) >= 11 is 0. The predicted octanol–water partition coefficient (Wildman–Crippen LogP) is 1.20. The number of fused-ring (bicyclic) bond motifs is 1. The van der Waals surface area contributed by atoms with E-state index in [0.29, 0.717) is 0 Å². The molecule has 0 spiro atoms. The number of nitriles is 2. The van der Waals surface area contributed by atoms with Gasteiger partial charge in [0.1, 0.15) is 5.84 Å². The summed E-state index contributed by atoms with van der Waals surface area (Å²) in [6, 6.07) is 4.31. The van der Waals surface area contributed by atoms with Crippen molar-refractivity contribution in [1.29, 1.82) is 15.9 Å². The summed E-state index contributed by atoms with van der Waals surface area (Å²) in [7, 11) is 0. The Kier molecular flexibility index (Phi) is 1.70. The van der Waals surface area contributed by atoms with Crippen LogP contribution in [-0.2, 0) is 9.47 Å². The van der Waals surface area contributed by atoms with Gasteiger partial charge in [0.25, 0.3) is 0 Å². The standard InChI is InChI=1S/C12H12N4O2/c1-6-10(3)17-7(2)12(5-14)9(18-10)16-8(15)11(6,12)4-13/h6-7,15H,1-3H3/t6-,7-,10+,11-,12+/m1/s1. The molecule has 0 aliphatic carbocycles. The van der Waals surface area contributed by atoms with E-state index < -0.39 is 28.6 Å². The van der Waals surface area contributed by atoms with Crippen molar-refractivity contribution in [3.63, 3.8) is 0 Å². The highest BCUT2D eigenvalue weighted by molar-refractivity contribution is 6.12. The first-order chi connectivity index (χ1) is 8.39. The molecule has 4 rings (SSSR count). The normalized spacial score (nSPS) is 52.3. The number of amidine groups is 1. The van der Waals surface area contributed by atoms with Crippen molar-refractivity contribution < 1.29 is 9.47 Å². The second kappa shape index (κ2) is 2.73. The van der Waals surface area contributed by atoms with E-state index in [4.69, 9.17) is 14.9 Å². The zero-order chi connectivity index (χ0) is 13.3. The maximum atomic E-state index is 9.63. The molecule has 0 unspecified atom stereocenters. The van der Waals surface area contributed by atoms with E-state index in [1.54, 1.807) is 20.8 Å². The number of rotatable bonds is 0. The van der Waals surface area contributed by atoms with E-state index >= 15 is 0 Å². The molecule has 6 nitrogen and oxygen atoms in total. The minimum Gasteiger partial charge on any atom is -0.447 e. The Balaban J connectivity index is 2.39. The maximum Gasteiger partial charge on any atom is 0.218 e. The number of nitrogens with zero attached hydrogens (tertiary/aromatic N) is 3. The summed E-state index contributed by atoms with van der Waals surface area (Å²) in [5, 5.41) is 27.2. The molecule has 4 bridgehead atoms. The third kappa shape index (κ3) is 0.739. The van der Waals surface area contributed by atoms with Gasteiger partial charge in [0.05, 0.1) is 18.2 Å². The molecule has 6 heteroatoms. The molecule has 0 aromatic heterocycles. The molecule has 92 valence electrons. The van der Waals surface area contributed by atoms with Crippen LogP contribution in [0.25, 0.3) is 0 Å². The Bertz CT molecular complexity index is 586. The van der Waals surface area contributed by atoms with Crippen LogP contribution in [0.1, 0.15) is 20.8 Å². The van der Waals surface area contributed by atoms with E-state index in [2.05, 4.69) is 17.1 Å². The molecule has 4 aliphatic heterocycles. The fourth-order valence-electron chi connectivity index (χ4n) is 3.48. The van der Waals surface area contributed by atoms with E-state index in [1.165, 1.54) is 0 Å². The second-order valence-electron chi connectivity index (χ2n) is 5.20. The molecular weight excluding hydrogens is 232 g/mol. The van der Waals surface area contributed by atoms with Crippen molar-refractivity contribution in [3.05, 3.63) is 0 Å². The number of aliphatic imine (C=N–C) groups is 1. The van der Waals surface area contributed by atoms with Crippen molar-refractivity contribution in [2.75, 3.05) is 0 Å². The molecular formula is C12H12N4O2. The fourth-order valence-corrected chi connectivity index (χ4v) is 3.48. The molecule has 0 aromatic rings. The minimum absolute atomic E-state index is 0.0899. The summed E-state index contributed by atoms with van der Waals surface area (Å²) < 4.78 is 11.4. The molecule has 5 atom stereocenters. The van der Waals surface area contributed by atoms with E-state index in [0.717, 1.165) is 0 Å². The topological polar surface area (TPSA) is 102 Å². The van der Waals surface area contributed by atoms with Gasteiger partial charge >= 0.3 is 0 Å². The Labute approximate surface area is 104 Å². The number of ether oxygens (including phenoxy) is 2. The highest BCUT2D eigenvalue weighted by Crippen LogP contribution is 2.65. The summed E-state index contributed by atoms with van der Waals surface area (Å²) in [5.41, 5.74) is -2.57. The Morgan fingerprint density at radius 3 is 2.44 bits per heavy atom. The lowest BCUT2D eigenvalue weighted by Gasteiger charge is -2.59. The second-order valence-corrected chi connectivity index (χ2v) is 5.20. The van der Waals surface area contributed by atoms with Gasteiger partial charge in [-0.15, -0.1) is 0 Å². The number of nitrogens with one attached hydrogen (secondary N) is 1. The third-order valence-corrected chi connectivity index (χ3v) is 4.65. The van der Waals surface area contributed by atoms with Crippen molar-refractivity contribution in [3.8, 4) is 12.1 Å². The lowest BCUT2D eigenvalue weighted by atomic mass is 9.52. The lowest BCUT2D eigenvalue weighted by molar-refractivity contribution is -0.325. The molecule has 1 N–H and O–H groups in total. The quantitative estimate of drug-likeness (QED) is 0.691. The Hall–Kier alpha value is -1.92. The van der Waals surface area contributed by atoms with Crippen LogP contribution in [0, 0.1) is 44.8 Å². The molecule has 0 radical (unpaired) electrons. The van der Waals surface area contributed by atoms with Crippen molar-refractivity contribution in [2.45, 2.75) is 32.7 Å². The molecule has 0 saturated carbocycles. The van der Waals surface area contributed by atoms with Gasteiger partial charge in [-0.25, -0.2) is 0 Å². The highest BCUT2D eigenvalue weighted by Gasteiger charge is 2.80. The summed E-state index contributed by atoms with van der Waals surface area (Å²) in [4.78, 5) is 4.02. The van der Waals surface area contributed by atoms with Gasteiger partial charge in [-0.1, -0.05) is 6.92 Å². The van der Waals surface area contributed by atoms with E-state index in [-0.39, 0.29) is 11.7 Å². The fraction of sp³-hybridized carbons (Fsp3) is 0.667. The van der Waals surface area contributed by atoms with Gasteiger partial charge < -0.3 is 9.47 Å². The number of hydrogen-bond acceptors (Lipinski definition) is 5. The third-order valence-electron chi connectivity index (χ3n) is 4.65. The molecule has 0 amide bonds. The zero-order valence-corrected chi connectivity index (χ0v) is 10.3. The summed E-state index contributed by atoms with van der Waals surface area (Å²) in [6.07, 6.45) is -0.529. The average molecular weight is 244 g/mol. The van der Waals surface area contributed by atoms with Gasteiger partial charge in [0, 0.05) is 12.8 Å². The molecule has 4 heterocycles. The summed E-state index contributed by atoms with van der Waals surface area (Å²) in [6.45, 7) is 5.23. The van der Waals surface area contributed by atoms with Gasteiger partial charge in [-0.3, -0.25) is 5.41 Å². The molecule has 3 saturated heterocycles. The van der Waals surface area contributed by atoms with Crippen LogP contribution in [0.4, 0.5) is 0 Å². The van der Waals surface area contributed by atoms with E-state index in [9.17, 15) is 10.5 Å². The summed E-state index contributed by atoms with van der Waals surface area (Å²) in [5.74, 6) is -1.37. The van der Waals surface area contributed by atoms with Crippen molar-refractivity contribution in [1.82, 2.24) is 0 Å². The van der Waals surface area contributed by atoms with Crippen LogP contribution in [0.3, 0.4) is 0 Å². The van der Waals surface area contributed by atoms with Gasteiger partial charge in [0.15, 0.2) is 10.8 Å². The zero-order valence-electron chi connectivity index (χ0n) is 10.3. The van der Waals surface area contributed by atoms with Gasteiger partial charge in [0.2, 0.25) is 11.7 Å². The van der Waals surface area contributed by atoms with Crippen LogP contribution in [0.2, 0.25) is 0 Å². The molecule has 0 aromatic carbocycles. The van der Waals surface area contributed by atoms with Crippen LogP contribution in [0.5, 0.6) is 0 Å². The Morgan fingerprint density at radius 2 is 1.89 bits per heavy atom. The first-order valence-corrected chi connectivity index (χ1v) is 5.76. The van der Waals surface area contributed by atoms with E-state index in [1.807, 2.05) is 0 Å². The smallest absolute Gasteiger partial charge is 0.218 e.